The van der Waals surface area contributed by atoms with Crippen molar-refractivity contribution in [3.8, 4) is 0 Å². The number of sulfonamides is 1. The Labute approximate surface area is 131 Å². The molecule has 0 bridgehead atoms. The highest BCUT2D eigenvalue weighted by Crippen LogP contribution is 2.34. The fourth-order valence-electron chi connectivity index (χ4n) is 2.96. The number of hydrogen-bond donors (Lipinski definition) is 0. The van der Waals surface area contributed by atoms with Gasteiger partial charge in [0.05, 0.1) is 5.88 Å². The molecule has 0 aliphatic carbocycles. The number of thiophene rings is 1. The summed E-state index contributed by atoms with van der Waals surface area (Å²) < 4.78 is 27.7. The van der Waals surface area contributed by atoms with Gasteiger partial charge in [-0.2, -0.15) is 4.31 Å². The molecule has 1 fully saturated rings. The van der Waals surface area contributed by atoms with Crippen LogP contribution in [-0.4, -0.2) is 25.3 Å². The van der Waals surface area contributed by atoms with Crippen molar-refractivity contribution in [2.24, 2.45) is 0 Å². The second-order valence-corrected chi connectivity index (χ2v) is 8.42. The van der Waals surface area contributed by atoms with E-state index in [0.717, 1.165) is 42.5 Å². The van der Waals surface area contributed by atoms with E-state index in [1.54, 1.807) is 4.31 Å². The van der Waals surface area contributed by atoms with E-state index in [4.69, 9.17) is 11.6 Å². The molecule has 0 aromatic carbocycles. The predicted molar refractivity (Wildman–Crippen MR) is 85.1 cm³/mol. The van der Waals surface area contributed by atoms with Crippen LogP contribution in [0.1, 0.15) is 49.5 Å². The summed E-state index contributed by atoms with van der Waals surface area (Å²) in [5.41, 5.74) is 0.825. The standard InChI is InChI=1S/C14H22ClNO2S2/c1-3-6-12-7-4-5-8-16(12)20(17,18)14-11(2)10-19-13(14)9-15/h10,12H,3-9H2,1-2H3. The number of piperidine rings is 1. The molecule has 6 heteroatoms. The van der Waals surface area contributed by atoms with E-state index in [1.807, 2.05) is 12.3 Å². The fraction of sp³-hybridized carbons (Fsp3) is 0.714. The van der Waals surface area contributed by atoms with Crippen LogP contribution < -0.4 is 0 Å². The van der Waals surface area contributed by atoms with Crippen molar-refractivity contribution in [2.45, 2.75) is 62.8 Å². The van der Waals surface area contributed by atoms with E-state index in [1.165, 1.54) is 11.3 Å². The molecule has 1 aliphatic rings. The molecule has 0 N–H and O–H groups in total. The van der Waals surface area contributed by atoms with Crippen LogP contribution in [0.2, 0.25) is 0 Å². The summed E-state index contributed by atoms with van der Waals surface area (Å²) in [4.78, 5) is 1.23. The quantitative estimate of drug-likeness (QED) is 0.758. The summed E-state index contributed by atoms with van der Waals surface area (Å²) in [6.45, 7) is 4.61. The number of aryl methyl sites for hydroxylation is 1. The minimum Gasteiger partial charge on any atom is -0.207 e. The van der Waals surface area contributed by atoms with Crippen LogP contribution in [0.5, 0.6) is 0 Å². The Balaban J connectivity index is 2.39. The van der Waals surface area contributed by atoms with Gasteiger partial charge in [-0.25, -0.2) is 8.42 Å². The number of hydrogen-bond acceptors (Lipinski definition) is 3. The van der Waals surface area contributed by atoms with Gasteiger partial charge in [-0.15, -0.1) is 22.9 Å². The predicted octanol–water partition coefficient (Wildman–Crippen LogP) is 4.14. The molecule has 1 unspecified atom stereocenters. The third-order valence-corrected chi connectivity index (χ3v) is 7.71. The minimum atomic E-state index is -3.40. The molecular weight excluding hydrogens is 314 g/mol. The third-order valence-electron chi connectivity index (χ3n) is 3.87. The van der Waals surface area contributed by atoms with E-state index < -0.39 is 10.0 Å². The fourth-order valence-corrected chi connectivity index (χ4v) is 6.69. The van der Waals surface area contributed by atoms with Crippen LogP contribution in [0.3, 0.4) is 0 Å². The first kappa shape index (κ1) is 16.3. The molecule has 0 saturated carbocycles. The van der Waals surface area contributed by atoms with Crippen molar-refractivity contribution >= 4 is 33.0 Å². The van der Waals surface area contributed by atoms with Gasteiger partial charge in [0.25, 0.3) is 0 Å². The van der Waals surface area contributed by atoms with Crippen molar-refractivity contribution < 1.29 is 8.42 Å². The molecule has 1 atom stereocenters. The van der Waals surface area contributed by atoms with E-state index in [9.17, 15) is 8.42 Å². The second kappa shape index (κ2) is 6.77. The lowest BCUT2D eigenvalue weighted by Crippen LogP contribution is -2.43. The summed E-state index contributed by atoms with van der Waals surface area (Å²) in [5, 5.41) is 1.89. The number of rotatable bonds is 5. The molecule has 0 spiro atoms. The van der Waals surface area contributed by atoms with E-state index in [0.29, 0.717) is 11.4 Å². The maximum Gasteiger partial charge on any atom is 0.244 e. The number of alkyl halides is 1. The minimum absolute atomic E-state index is 0.154. The molecule has 20 heavy (non-hydrogen) atoms. The zero-order chi connectivity index (χ0) is 14.8. The maximum absolute atomic E-state index is 13.0. The van der Waals surface area contributed by atoms with Gasteiger partial charge >= 0.3 is 0 Å². The van der Waals surface area contributed by atoms with Crippen LogP contribution in [0.25, 0.3) is 0 Å². The molecule has 1 saturated heterocycles. The Morgan fingerprint density at radius 3 is 2.85 bits per heavy atom. The zero-order valence-corrected chi connectivity index (χ0v) is 14.5. The average Bonchev–Trinajstić information content (AvgIpc) is 2.81. The molecule has 3 nitrogen and oxygen atoms in total. The van der Waals surface area contributed by atoms with Gasteiger partial charge in [0.2, 0.25) is 10.0 Å². The molecule has 1 aromatic rings. The van der Waals surface area contributed by atoms with Crippen molar-refractivity contribution in [1.82, 2.24) is 4.31 Å². The Bertz CT molecular complexity index is 552. The first-order chi connectivity index (χ1) is 9.52. The monoisotopic (exact) mass is 335 g/mol. The first-order valence-corrected chi connectivity index (χ1v) is 10.0. The van der Waals surface area contributed by atoms with Crippen LogP contribution in [0, 0.1) is 6.92 Å². The smallest absolute Gasteiger partial charge is 0.207 e. The first-order valence-electron chi connectivity index (χ1n) is 7.17. The van der Waals surface area contributed by atoms with E-state index >= 15 is 0 Å². The van der Waals surface area contributed by atoms with Gasteiger partial charge in [0, 0.05) is 17.5 Å². The summed E-state index contributed by atoms with van der Waals surface area (Å²) in [6.07, 6.45) is 5.02. The molecule has 0 radical (unpaired) electrons. The van der Waals surface area contributed by atoms with Crippen LogP contribution in [-0.2, 0) is 15.9 Å². The zero-order valence-electron chi connectivity index (χ0n) is 12.1. The second-order valence-electron chi connectivity index (χ2n) is 5.36. The lowest BCUT2D eigenvalue weighted by molar-refractivity contribution is 0.239. The average molecular weight is 336 g/mol. The Hall–Kier alpha value is -0.100. The lowest BCUT2D eigenvalue weighted by Gasteiger charge is -2.34. The Morgan fingerprint density at radius 2 is 2.20 bits per heavy atom. The van der Waals surface area contributed by atoms with Gasteiger partial charge in [-0.05, 0) is 37.1 Å². The summed E-state index contributed by atoms with van der Waals surface area (Å²) >= 11 is 7.36. The van der Waals surface area contributed by atoms with Gasteiger partial charge in [0.1, 0.15) is 4.90 Å². The van der Waals surface area contributed by atoms with Crippen molar-refractivity contribution in [3.05, 3.63) is 15.8 Å². The summed E-state index contributed by atoms with van der Waals surface area (Å²) in [6, 6.07) is 0.154. The highest BCUT2D eigenvalue weighted by Gasteiger charge is 2.35. The van der Waals surface area contributed by atoms with Gasteiger partial charge in [0.15, 0.2) is 0 Å². The topological polar surface area (TPSA) is 37.4 Å². The maximum atomic E-state index is 13.0. The largest absolute Gasteiger partial charge is 0.244 e. The normalized spacial score (nSPS) is 21.2. The third kappa shape index (κ3) is 3.06. The van der Waals surface area contributed by atoms with Gasteiger partial charge < -0.3 is 0 Å². The van der Waals surface area contributed by atoms with Crippen molar-refractivity contribution in [1.29, 1.82) is 0 Å². The van der Waals surface area contributed by atoms with Crippen molar-refractivity contribution in [3.63, 3.8) is 0 Å². The summed E-state index contributed by atoms with van der Waals surface area (Å²) in [5.74, 6) is 0.263. The molecule has 1 aromatic heterocycles. The van der Waals surface area contributed by atoms with Crippen LogP contribution in [0.4, 0.5) is 0 Å². The van der Waals surface area contributed by atoms with E-state index in [2.05, 4.69) is 6.92 Å². The van der Waals surface area contributed by atoms with Crippen LogP contribution >= 0.6 is 22.9 Å². The molecule has 114 valence electrons. The SMILES string of the molecule is CCCC1CCCCN1S(=O)(=O)c1c(C)csc1CCl. The molecule has 0 amide bonds. The highest BCUT2D eigenvalue weighted by atomic mass is 35.5. The number of nitrogens with zero attached hydrogens (tertiary/aromatic N) is 1. The van der Waals surface area contributed by atoms with Gasteiger partial charge in [-0.3, -0.25) is 0 Å². The molecule has 2 heterocycles. The highest BCUT2D eigenvalue weighted by molar-refractivity contribution is 7.89. The van der Waals surface area contributed by atoms with Gasteiger partial charge in [-0.1, -0.05) is 19.8 Å². The molecular formula is C14H22ClNO2S2. The Morgan fingerprint density at radius 1 is 1.45 bits per heavy atom. The number of halogens is 1. The van der Waals surface area contributed by atoms with Crippen LogP contribution in [0.15, 0.2) is 10.3 Å². The molecule has 1 aliphatic heterocycles. The summed E-state index contributed by atoms with van der Waals surface area (Å²) in [7, 11) is -3.40. The van der Waals surface area contributed by atoms with Crippen molar-refractivity contribution in [2.75, 3.05) is 6.54 Å². The molecule has 2 rings (SSSR count). The van der Waals surface area contributed by atoms with E-state index in [-0.39, 0.29) is 11.9 Å². The Kier molecular flexibility index (Phi) is 5.51. The lowest BCUT2D eigenvalue weighted by atomic mass is 10.0.